The van der Waals surface area contributed by atoms with E-state index in [1.165, 1.54) is 36.9 Å². The first-order valence-corrected chi connectivity index (χ1v) is 8.45. The Bertz CT molecular complexity index is 595. The molecule has 0 spiro atoms. The summed E-state index contributed by atoms with van der Waals surface area (Å²) in [6.45, 7) is 0. The number of ether oxygens (including phenoxy) is 2. The Labute approximate surface area is 136 Å². The van der Waals surface area contributed by atoms with E-state index in [0.29, 0.717) is 11.4 Å². The fourth-order valence-electron chi connectivity index (χ4n) is 1.80. The molecule has 0 atom stereocenters. The molecule has 0 aliphatic carbocycles. The van der Waals surface area contributed by atoms with Crippen molar-refractivity contribution < 1.29 is 19.1 Å². The van der Waals surface area contributed by atoms with Crippen LogP contribution in [0.25, 0.3) is 0 Å². The van der Waals surface area contributed by atoms with Gasteiger partial charge in [-0.05, 0) is 25.7 Å². The van der Waals surface area contributed by atoms with Crippen LogP contribution in [0.3, 0.4) is 0 Å². The van der Waals surface area contributed by atoms with Crippen molar-refractivity contribution in [3.8, 4) is 0 Å². The Morgan fingerprint density at radius 1 is 0.909 bits per heavy atom. The zero-order chi connectivity index (χ0) is 15.9. The molecule has 6 nitrogen and oxygen atoms in total. The zero-order valence-corrected chi connectivity index (χ0v) is 14.0. The summed E-state index contributed by atoms with van der Waals surface area (Å²) in [5.74, 6) is -0.804. The molecule has 0 aliphatic rings. The Balaban J connectivity index is 1.75. The highest BCUT2D eigenvalue weighted by Crippen LogP contribution is 2.16. The van der Waals surface area contributed by atoms with Crippen molar-refractivity contribution in [3.05, 3.63) is 32.2 Å². The third kappa shape index (κ3) is 4.35. The van der Waals surface area contributed by atoms with E-state index < -0.39 is 11.9 Å². The average molecular weight is 340 g/mol. The van der Waals surface area contributed by atoms with E-state index in [9.17, 15) is 9.59 Å². The van der Waals surface area contributed by atoms with Crippen LogP contribution in [0.15, 0.2) is 10.8 Å². The quantitative estimate of drug-likeness (QED) is 0.570. The molecule has 0 radical (unpaired) electrons. The molecule has 0 aromatic carbocycles. The standard InChI is InChI=1S/C14H16N2O4S2/c1-19-13(17)9-7-21-11(15-9)5-3-4-6-12-16-10(8-22-12)14(18)20-2/h7-8H,3-6H2,1-2H3. The van der Waals surface area contributed by atoms with Crippen molar-refractivity contribution in [1.29, 1.82) is 0 Å². The van der Waals surface area contributed by atoms with Gasteiger partial charge in [0, 0.05) is 10.8 Å². The van der Waals surface area contributed by atoms with E-state index in [4.69, 9.17) is 0 Å². The SMILES string of the molecule is COC(=O)c1csc(CCCCc2nc(C(=O)OC)cs2)n1. The molecule has 0 fully saturated rings. The third-order valence-electron chi connectivity index (χ3n) is 2.92. The summed E-state index contributed by atoms with van der Waals surface area (Å²) >= 11 is 2.93. The summed E-state index contributed by atoms with van der Waals surface area (Å²) in [7, 11) is 2.69. The van der Waals surface area contributed by atoms with E-state index in [1.54, 1.807) is 10.8 Å². The number of thiazole rings is 2. The number of aryl methyl sites for hydroxylation is 2. The van der Waals surface area contributed by atoms with Gasteiger partial charge in [0.15, 0.2) is 11.4 Å². The Hall–Kier alpha value is -1.80. The molecule has 0 saturated carbocycles. The van der Waals surface area contributed by atoms with E-state index in [0.717, 1.165) is 35.7 Å². The molecule has 118 valence electrons. The van der Waals surface area contributed by atoms with Gasteiger partial charge in [0.25, 0.3) is 0 Å². The number of esters is 2. The molecule has 0 saturated heterocycles. The molecule has 0 amide bonds. The van der Waals surface area contributed by atoms with Crippen LogP contribution >= 0.6 is 22.7 Å². The molecule has 8 heteroatoms. The molecular weight excluding hydrogens is 324 g/mol. The summed E-state index contributed by atoms with van der Waals surface area (Å²) in [4.78, 5) is 31.1. The minimum Gasteiger partial charge on any atom is -0.464 e. The monoisotopic (exact) mass is 340 g/mol. The number of nitrogens with zero attached hydrogens (tertiary/aromatic N) is 2. The van der Waals surface area contributed by atoms with Crippen LogP contribution in [0.1, 0.15) is 43.8 Å². The van der Waals surface area contributed by atoms with E-state index in [2.05, 4.69) is 19.4 Å². The number of hydrogen-bond acceptors (Lipinski definition) is 8. The minimum absolute atomic E-state index is 0.366. The first-order valence-electron chi connectivity index (χ1n) is 6.69. The maximum atomic E-state index is 11.3. The van der Waals surface area contributed by atoms with Crippen molar-refractivity contribution in [3.63, 3.8) is 0 Å². The Morgan fingerprint density at radius 2 is 1.32 bits per heavy atom. The summed E-state index contributed by atoms with van der Waals surface area (Å²) in [6.07, 6.45) is 3.52. The second-order valence-electron chi connectivity index (χ2n) is 4.44. The zero-order valence-electron chi connectivity index (χ0n) is 12.3. The molecule has 0 N–H and O–H groups in total. The van der Waals surface area contributed by atoms with Gasteiger partial charge in [-0.25, -0.2) is 19.6 Å². The van der Waals surface area contributed by atoms with Gasteiger partial charge in [-0.15, -0.1) is 22.7 Å². The first kappa shape index (κ1) is 16.6. The van der Waals surface area contributed by atoms with Gasteiger partial charge in [0.2, 0.25) is 0 Å². The third-order valence-corrected chi connectivity index (χ3v) is 4.74. The maximum absolute atomic E-state index is 11.3. The minimum atomic E-state index is -0.402. The van der Waals surface area contributed by atoms with Gasteiger partial charge in [-0.3, -0.25) is 0 Å². The number of rotatable bonds is 7. The summed E-state index contributed by atoms with van der Waals surface area (Å²) in [6, 6.07) is 0. The molecule has 0 aliphatic heterocycles. The lowest BCUT2D eigenvalue weighted by Gasteiger charge is -1.97. The number of carbonyl (C=O) groups excluding carboxylic acids is 2. The molecular formula is C14H16N2O4S2. The van der Waals surface area contributed by atoms with E-state index in [1.807, 2.05) is 0 Å². The van der Waals surface area contributed by atoms with Gasteiger partial charge in [0.05, 0.1) is 24.2 Å². The Kier molecular flexibility index (Phi) is 6.02. The van der Waals surface area contributed by atoms with Gasteiger partial charge in [0.1, 0.15) is 0 Å². The molecule has 2 heterocycles. The van der Waals surface area contributed by atoms with Crippen LogP contribution in [-0.2, 0) is 22.3 Å². The average Bonchev–Trinajstić information content (AvgIpc) is 3.19. The van der Waals surface area contributed by atoms with Crippen LogP contribution in [0, 0.1) is 0 Å². The maximum Gasteiger partial charge on any atom is 0.357 e. The summed E-state index contributed by atoms with van der Waals surface area (Å²) in [5, 5.41) is 5.28. The second-order valence-corrected chi connectivity index (χ2v) is 6.33. The molecule has 22 heavy (non-hydrogen) atoms. The fraction of sp³-hybridized carbons (Fsp3) is 0.429. The van der Waals surface area contributed by atoms with Gasteiger partial charge in [-0.1, -0.05) is 0 Å². The largest absolute Gasteiger partial charge is 0.464 e. The van der Waals surface area contributed by atoms with E-state index in [-0.39, 0.29) is 0 Å². The smallest absolute Gasteiger partial charge is 0.357 e. The van der Waals surface area contributed by atoms with Crippen LogP contribution in [-0.4, -0.2) is 36.1 Å². The van der Waals surface area contributed by atoms with Crippen LogP contribution in [0.2, 0.25) is 0 Å². The summed E-state index contributed by atoms with van der Waals surface area (Å²) < 4.78 is 9.25. The van der Waals surface area contributed by atoms with Crippen LogP contribution in [0.5, 0.6) is 0 Å². The lowest BCUT2D eigenvalue weighted by atomic mass is 10.2. The number of hydrogen-bond donors (Lipinski definition) is 0. The highest BCUT2D eigenvalue weighted by molar-refractivity contribution is 7.10. The van der Waals surface area contributed by atoms with Crippen LogP contribution < -0.4 is 0 Å². The topological polar surface area (TPSA) is 78.4 Å². The predicted molar refractivity (Wildman–Crippen MR) is 83.5 cm³/mol. The number of methoxy groups -OCH3 is 2. The van der Waals surface area contributed by atoms with E-state index >= 15 is 0 Å². The van der Waals surface area contributed by atoms with Gasteiger partial charge < -0.3 is 9.47 Å². The first-order chi connectivity index (χ1) is 10.6. The molecule has 2 rings (SSSR count). The predicted octanol–water partition coefficient (Wildman–Crippen LogP) is 2.74. The molecule has 0 unspecified atom stereocenters. The lowest BCUT2D eigenvalue weighted by molar-refractivity contribution is 0.0586. The van der Waals surface area contributed by atoms with Crippen molar-refractivity contribution in [1.82, 2.24) is 9.97 Å². The molecule has 2 aromatic heterocycles. The second kappa shape index (κ2) is 8.00. The molecule has 0 bridgehead atoms. The normalized spacial score (nSPS) is 10.5. The van der Waals surface area contributed by atoms with Gasteiger partial charge >= 0.3 is 11.9 Å². The number of carbonyl (C=O) groups is 2. The molecule has 2 aromatic rings. The van der Waals surface area contributed by atoms with Crippen molar-refractivity contribution in [2.24, 2.45) is 0 Å². The van der Waals surface area contributed by atoms with Crippen molar-refractivity contribution in [2.45, 2.75) is 25.7 Å². The Morgan fingerprint density at radius 3 is 1.68 bits per heavy atom. The summed E-state index contributed by atoms with van der Waals surface area (Å²) in [5.41, 5.74) is 0.732. The van der Waals surface area contributed by atoms with Crippen LogP contribution in [0.4, 0.5) is 0 Å². The van der Waals surface area contributed by atoms with Crippen molar-refractivity contribution >= 4 is 34.6 Å². The highest BCUT2D eigenvalue weighted by atomic mass is 32.1. The fourth-order valence-corrected chi connectivity index (χ4v) is 3.42. The lowest BCUT2D eigenvalue weighted by Crippen LogP contribution is -2.02. The van der Waals surface area contributed by atoms with Gasteiger partial charge in [-0.2, -0.15) is 0 Å². The highest BCUT2D eigenvalue weighted by Gasteiger charge is 2.12. The van der Waals surface area contributed by atoms with Crippen molar-refractivity contribution in [2.75, 3.05) is 14.2 Å². The number of aromatic nitrogens is 2. The number of unbranched alkanes of at least 4 members (excludes halogenated alkanes) is 1.